The van der Waals surface area contributed by atoms with Gasteiger partial charge >= 0.3 is 120 Å². The molecule has 0 bridgehead atoms. The van der Waals surface area contributed by atoms with Crippen molar-refractivity contribution in [2.24, 2.45) is 0 Å². The molecule has 0 spiro atoms. The number of carbonyl (C=O) groups excluding carboxylic acids is 1. The number of halogens is 1. The van der Waals surface area contributed by atoms with Gasteiger partial charge in [-0.2, -0.15) is 0 Å². The SMILES string of the molecule is O=C(C[Se]c1ccc(F)cc1)c1ccc([N+](=O)[O-])cc1. The number of benzene rings is 2. The van der Waals surface area contributed by atoms with Gasteiger partial charge in [0.05, 0.1) is 0 Å². The van der Waals surface area contributed by atoms with Gasteiger partial charge in [0.1, 0.15) is 0 Å². The predicted molar refractivity (Wildman–Crippen MR) is 74.0 cm³/mol. The van der Waals surface area contributed by atoms with Crippen molar-refractivity contribution in [2.45, 2.75) is 5.32 Å². The summed E-state index contributed by atoms with van der Waals surface area (Å²) >= 11 is -0.0768. The van der Waals surface area contributed by atoms with Crippen LogP contribution in [0.25, 0.3) is 0 Å². The second-order valence-electron chi connectivity index (χ2n) is 3.97. The van der Waals surface area contributed by atoms with Crippen LogP contribution in [0.2, 0.25) is 5.32 Å². The molecule has 0 N–H and O–H groups in total. The van der Waals surface area contributed by atoms with E-state index in [9.17, 15) is 19.3 Å². The van der Waals surface area contributed by atoms with Gasteiger partial charge in [-0.05, 0) is 0 Å². The molecule has 0 aliphatic rings. The molecule has 6 heteroatoms. The first-order valence-corrected chi connectivity index (χ1v) is 7.79. The number of nitro benzene ring substituents is 1. The molecule has 0 heterocycles. The van der Waals surface area contributed by atoms with Crippen LogP contribution in [-0.2, 0) is 0 Å². The molecule has 0 saturated heterocycles. The van der Waals surface area contributed by atoms with E-state index in [1.54, 1.807) is 12.1 Å². The molecule has 0 aromatic heterocycles. The average Bonchev–Trinajstić information content (AvgIpc) is 2.46. The Morgan fingerprint density at radius 1 is 1.10 bits per heavy atom. The van der Waals surface area contributed by atoms with E-state index in [4.69, 9.17) is 0 Å². The number of hydrogen-bond acceptors (Lipinski definition) is 3. The summed E-state index contributed by atoms with van der Waals surface area (Å²) in [6, 6.07) is 11.6. The summed E-state index contributed by atoms with van der Waals surface area (Å²) in [6.07, 6.45) is 0. The maximum atomic E-state index is 12.7. The Hall–Kier alpha value is -2.04. The maximum absolute atomic E-state index is 12.7. The average molecular weight is 338 g/mol. The predicted octanol–water partition coefficient (Wildman–Crippen LogP) is 2.36. The zero-order valence-electron chi connectivity index (χ0n) is 10.3. The van der Waals surface area contributed by atoms with Gasteiger partial charge in [0, 0.05) is 0 Å². The Labute approximate surface area is 120 Å². The van der Waals surface area contributed by atoms with Crippen LogP contribution in [0.3, 0.4) is 0 Å². The van der Waals surface area contributed by atoms with Crippen LogP contribution in [0.1, 0.15) is 10.4 Å². The number of carbonyl (C=O) groups is 1. The van der Waals surface area contributed by atoms with Crippen molar-refractivity contribution >= 4 is 30.9 Å². The van der Waals surface area contributed by atoms with Crippen molar-refractivity contribution in [1.29, 1.82) is 0 Å². The van der Waals surface area contributed by atoms with E-state index in [0.29, 0.717) is 10.9 Å². The summed E-state index contributed by atoms with van der Waals surface area (Å²) in [4.78, 5) is 21.9. The Morgan fingerprint density at radius 2 is 1.70 bits per heavy atom. The quantitative estimate of drug-likeness (QED) is 0.364. The van der Waals surface area contributed by atoms with E-state index in [1.165, 1.54) is 36.4 Å². The molecule has 102 valence electrons. The number of hydrogen-bond donors (Lipinski definition) is 0. The van der Waals surface area contributed by atoms with Gasteiger partial charge in [-0.25, -0.2) is 0 Å². The molecule has 0 fully saturated rings. The molecule has 0 aliphatic heterocycles. The van der Waals surface area contributed by atoms with Crippen LogP contribution in [-0.4, -0.2) is 25.7 Å². The Balaban J connectivity index is 1.97. The number of ketones is 1. The molecule has 20 heavy (non-hydrogen) atoms. The van der Waals surface area contributed by atoms with Gasteiger partial charge in [0.2, 0.25) is 0 Å². The van der Waals surface area contributed by atoms with Crippen LogP contribution in [0, 0.1) is 15.9 Å². The summed E-state index contributed by atoms with van der Waals surface area (Å²) in [7, 11) is 0. The number of nitro groups is 1. The number of Topliss-reactive ketones (excluding diaryl/α,β-unsaturated/α-hetero) is 1. The molecular weight excluding hydrogens is 328 g/mol. The molecule has 2 aromatic carbocycles. The Morgan fingerprint density at radius 3 is 2.25 bits per heavy atom. The molecule has 0 aliphatic carbocycles. The molecule has 0 unspecified atom stereocenters. The summed E-state index contributed by atoms with van der Waals surface area (Å²) < 4.78 is 13.7. The monoisotopic (exact) mass is 339 g/mol. The van der Waals surface area contributed by atoms with Crippen LogP contribution in [0.5, 0.6) is 0 Å². The second-order valence-corrected chi connectivity index (χ2v) is 6.17. The number of rotatable bonds is 5. The van der Waals surface area contributed by atoms with Gasteiger partial charge in [-0.15, -0.1) is 0 Å². The van der Waals surface area contributed by atoms with Gasteiger partial charge < -0.3 is 0 Å². The van der Waals surface area contributed by atoms with Crippen LogP contribution < -0.4 is 4.46 Å². The van der Waals surface area contributed by atoms with Crippen LogP contribution >= 0.6 is 0 Å². The van der Waals surface area contributed by atoms with Crippen molar-refractivity contribution < 1.29 is 14.1 Å². The Bertz CT molecular complexity index is 626. The van der Waals surface area contributed by atoms with Crippen molar-refractivity contribution in [3.8, 4) is 0 Å². The number of non-ortho nitro benzene ring substituents is 1. The molecule has 0 atom stereocenters. The van der Waals surface area contributed by atoms with Gasteiger partial charge in [0.25, 0.3) is 0 Å². The first-order chi connectivity index (χ1) is 9.56. The van der Waals surface area contributed by atoms with Crippen LogP contribution in [0.15, 0.2) is 48.5 Å². The fourth-order valence-corrected chi connectivity index (χ4v) is 3.20. The Kier molecular flexibility index (Phi) is 4.61. The molecular formula is C14H10FNO3Se. The van der Waals surface area contributed by atoms with Gasteiger partial charge in [0.15, 0.2) is 0 Å². The van der Waals surface area contributed by atoms with Crippen molar-refractivity contribution in [3.63, 3.8) is 0 Å². The molecule has 0 saturated carbocycles. The normalized spacial score (nSPS) is 10.2. The number of nitrogens with zero attached hydrogens (tertiary/aromatic N) is 1. The fourth-order valence-electron chi connectivity index (χ4n) is 1.53. The van der Waals surface area contributed by atoms with Gasteiger partial charge in [-0.1, -0.05) is 0 Å². The van der Waals surface area contributed by atoms with Crippen molar-refractivity contribution in [2.75, 3.05) is 0 Å². The third kappa shape index (κ3) is 3.73. The second kappa shape index (κ2) is 6.41. The molecule has 0 amide bonds. The third-order valence-corrected chi connectivity index (χ3v) is 4.71. The van der Waals surface area contributed by atoms with Crippen molar-refractivity contribution in [1.82, 2.24) is 0 Å². The minimum atomic E-state index is -0.503. The minimum absolute atomic E-state index is 0.0365. The van der Waals surface area contributed by atoms with Crippen LogP contribution in [0.4, 0.5) is 10.1 Å². The van der Waals surface area contributed by atoms with E-state index in [1.807, 2.05) is 0 Å². The fraction of sp³-hybridized carbons (Fsp3) is 0.0714. The zero-order valence-corrected chi connectivity index (χ0v) is 12.0. The first kappa shape index (κ1) is 14.4. The summed E-state index contributed by atoms with van der Waals surface area (Å²) in [6.45, 7) is 0. The standard InChI is InChI=1S/C14H10FNO3Se/c15-11-3-7-13(8-4-11)20-9-14(17)10-1-5-12(6-2-10)16(18)19/h1-8H,9H2. The van der Waals surface area contributed by atoms with E-state index < -0.39 is 4.92 Å². The van der Waals surface area contributed by atoms with E-state index in [-0.39, 0.29) is 32.2 Å². The summed E-state index contributed by atoms with van der Waals surface area (Å²) in [5.41, 5.74) is 0.421. The van der Waals surface area contributed by atoms with E-state index >= 15 is 0 Å². The third-order valence-electron chi connectivity index (χ3n) is 2.58. The van der Waals surface area contributed by atoms with E-state index in [0.717, 1.165) is 4.46 Å². The van der Waals surface area contributed by atoms with Crippen molar-refractivity contribution in [3.05, 3.63) is 70.0 Å². The first-order valence-electron chi connectivity index (χ1n) is 5.72. The summed E-state index contributed by atoms with van der Waals surface area (Å²) in [5, 5.41) is 10.9. The van der Waals surface area contributed by atoms with Gasteiger partial charge in [-0.3, -0.25) is 0 Å². The molecule has 4 nitrogen and oxygen atoms in total. The topological polar surface area (TPSA) is 60.2 Å². The molecule has 2 rings (SSSR count). The summed E-state index contributed by atoms with van der Waals surface area (Å²) in [5.74, 6) is -0.365. The molecule has 0 radical (unpaired) electrons. The van der Waals surface area contributed by atoms with E-state index in [2.05, 4.69) is 0 Å². The molecule has 2 aromatic rings. The zero-order chi connectivity index (χ0) is 14.5.